The average molecular weight is 254 g/mol. The third-order valence-corrected chi connectivity index (χ3v) is 3.85. The van der Waals surface area contributed by atoms with Gasteiger partial charge in [0, 0.05) is 16.4 Å². The molecule has 14 heavy (non-hydrogen) atoms. The second-order valence-corrected chi connectivity index (χ2v) is 4.93. The molecular weight excluding hydrogens is 238 g/mol. The van der Waals surface area contributed by atoms with Crippen LogP contribution < -0.4 is 5.73 Å². The van der Waals surface area contributed by atoms with Gasteiger partial charge in [0.15, 0.2) is 0 Å². The van der Waals surface area contributed by atoms with E-state index in [4.69, 9.17) is 5.73 Å². The fraction of sp³-hybridized carbons (Fsp3) is 0.500. The van der Waals surface area contributed by atoms with Gasteiger partial charge in [-0.05, 0) is 24.5 Å². The fourth-order valence-electron chi connectivity index (χ4n) is 2.32. The fourth-order valence-corrected chi connectivity index (χ4v) is 2.90. The number of benzene rings is 1. The Labute approximate surface area is 93.8 Å². The van der Waals surface area contributed by atoms with E-state index < -0.39 is 0 Å². The van der Waals surface area contributed by atoms with Crippen molar-refractivity contribution in [1.82, 2.24) is 0 Å². The third kappa shape index (κ3) is 2.01. The van der Waals surface area contributed by atoms with E-state index in [1.807, 2.05) is 0 Å². The molecule has 0 radical (unpaired) electrons. The molecule has 2 atom stereocenters. The van der Waals surface area contributed by atoms with E-state index >= 15 is 0 Å². The summed E-state index contributed by atoms with van der Waals surface area (Å²) in [6, 6.07) is 8.81. The Balaban J connectivity index is 2.25. The van der Waals surface area contributed by atoms with E-state index in [1.54, 1.807) is 0 Å². The molecule has 1 aliphatic carbocycles. The molecule has 1 saturated carbocycles. The van der Waals surface area contributed by atoms with Gasteiger partial charge in [-0.2, -0.15) is 0 Å². The molecule has 1 aromatic rings. The summed E-state index contributed by atoms with van der Waals surface area (Å²) in [7, 11) is 0. The molecule has 0 bridgehead atoms. The molecule has 1 fully saturated rings. The number of rotatable bonds is 1. The summed E-state index contributed by atoms with van der Waals surface area (Å²) in [5.41, 5.74) is 7.55. The van der Waals surface area contributed by atoms with Crippen LogP contribution >= 0.6 is 15.9 Å². The van der Waals surface area contributed by atoms with Crippen LogP contribution in [0.25, 0.3) is 0 Å². The van der Waals surface area contributed by atoms with Gasteiger partial charge in [0.1, 0.15) is 0 Å². The summed E-state index contributed by atoms with van der Waals surface area (Å²) in [6.45, 7) is 0. The molecule has 0 aromatic heterocycles. The van der Waals surface area contributed by atoms with Crippen molar-refractivity contribution in [1.29, 1.82) is 0 Å². The van der Waals surface area contributed by atoms with E-state index in [9.17, 15) is 0 Å². The summed E-state index contributed by atoms with van der Waals surface area (Å²) < 4.78 is 1.21. The molecule has 0 spiro atoms. The topological polar surface area (TPSA) is 26.0 Å². The van der Waals surface area contributed by atoms with Crippen LogP contribution in [0.3, 0.4) is 0 Å². The van der Waals surface area contributed by atoms with Crippen LogP contribution in [0.1, 0.15) is 37.2 Å². The van der Waals surface area contributed by atoms with Crippen LogP contribution in [0.2, 0.25) is 0 Å². The molecule has 2 heteroatoms. The minimum Gasteiger partial charge on any atom is -0.327 e. The Kier molecular flexibility index (Phi) is 3.24. The minimum atomic E-state index is 0.349. The van der Waals surface area contributed by atoms with Gasteiger partial charge in [-0.15, -0.1) is 0 Å². The van der Waals surface area contributed by atoms with E-state index in [-0.39, 0.29) is 0 Å². The van der Waals surface area contributed by atoms with E-state index in [2.05, 4.69) is 40.2 Å². The Bertz CT molecular complexity index is 311. The summed E-state index contributed by atoms with van der Waals surface area (Å²) >= 11 is 3.60. The van der Waals surface area contributed by atoms with Crippen LogP contribution in [0.4, 0.5) is 0 Å². The monoisotopic (exact) mass is 253 g/mol. The lowest BCUT2D eigenvalue weighted by Gasteiger charge is -2.29. The molecule has 1 nitrogen and oxygen atoms in total. The molecular formula is C12H16BrN. The van der Waals surface area contributed by atoms with Gasteiger partial charge in [-0.1, -0.05) is 47.0 Å². The number of hydrogen-bond donors (Lipinski definition) is 1. The maximum absolute atomic E-state index is 6.16. The molecule has 1 aromatic carbocycles. The highest BCUT2D eigenvalue weighted by atomic mass is 79.9. The van der Waals surface area contributed by atoms with Gasteiger partial charge in [0.05, 0.1) is 0 Å². The zero-order valence-corrected chi connectivity index (χ0v) is 9.83. The summed E-state index contributed by atoms with van der Waals surface area (Å²) in [5, 5.41) is 0. The molecule has 1 aliphatic rings. The Morgan fingerprint density at radius 3 is 2.57 bits per heavy atom. The van der Waals surface area contributed by atoms with Crippen molar-refractivity contribution >= 4 is 15.9 Å². The van der Waals surface area contributed by atoms with Crippen LogP contribution in [-0.2, 0) is 0 Å². The highest BCUT2D eigenvalue weighted by Gasteiger charge is 2.24. The van der Waals surface area contributed by atoms with Gasteiger partial charge in [-0.3, -0.25) is 0 Å². The third-order valence-electron chi connectivity index (χ3n) is 3.12. The quantitative estimate of drug-likeness (QED) is 0.816. The zero-order valence-electron chi connectivity index (χ0n) is 8.25. The van der Waals surface area contributed by atoms with Crippen LogP contribution in [0.15, 0.2) is 28.7 Å². The van der Waals surface area contributed by atoms with Crippen molar-refractivity contribution < 1.29 is 0 Å². The summed E-state index contributed by atoms with van der Waals surface area (Å²) in [4.78, 5) is 0. The molecule has 2 rings (SSSR count). The number of halogens is 1. The maximum atomic E-state index is 6.16. The SMILES string of the molecule is N[C@@H]1CCCC[C@H]1c1ccccc1Br. The molecule has 0 heterocycles. The first kappa shape index (κ1) is 10.2. The summed E-state index contributed by atoms with van der Waals surface area (Å²) in [5.74, 6) is 0.555. The van der Waals surface area contributed by atoms with Crippen LogP contribution in [-0.4, -0.2) is 6.04 Å². The first-order valence-electron chi connectivity index (χ1n) is 5.29. The predicted octanol–water partition coefficient (Wildman–Crippen LogP) is 3.43. The molecule has 0 aliphatic heterocycles. The molecule has 76 valence electrons. The Morgan fingerprint density at radius 2 is 1.86 bits per heavy atom. The van der Waals surface area contributed by atoms with Crippen molar-refractivity contribution in [2.24, 2.45) is 5.73 Å². The van der Waals surface area contributed by atoms with Crippen molar-refractivity contribution in [3.8, 4) is 0 Å². The second-order valence-electron chi connectivity index (χ2n) is 4.08. The highest BCUT2D eigenvalue weighted by Crippen LogP contribution is 2.35. The predicted molar refractivity (Wildman–Crippen MR) is 63.3 cm³/mol. The van der Waals surface area contributed by atoms with Gasteiger partial charge in [-0.25, -0.2) is 0 Å². The molecule has 2 N–H and O–H groups in total. The molecule has 0 unspecified atom stereocenters. The Morgan fingerprint density at radius 1 is 1.14 bits per heavy atom. The standard InChI is InChI=1S/C12H16BrN/c13-11-7-3-1-5-9(11)10-6-2-4-8-12(10)14/h1,3,5,7,10,12H,2,4,6,8,14H2/t10-,12+/m0/s1. The highest BCUT2D eigenvalue weighted by molar-refractivity contribution is 9.10. The summed E-state index contributed by atoms with van der Waals surface area (Å²) in [6.07, 6.45) is 5.03. The lowest BCUT2D eigenvalue weighted by molar-refractivity contribution is 0.384. The zero-order chi connectivity index (χ0) is 9.97. The second kappa shape index (κ2) is 4.45. The number of hydrogen-bond acceptors (Lipinski definition) is 1. The normalized spacial score (nSPS) is 27.6. The lowest BCUT2D eigenvalue weighted by Crippen LogP contribution is -2.31. The molecule has 0 saturated heterocycles. The van der Waals surface area contributed by atoms with E-state index in [0.717, 1.165) is 0 Å². The van der Waals surface area contributed by atoms with Gasteiger partial charge < -0.3 is 5.73 Å². The van der Waals surface area contributed by atoms with Crippen molar-refractivity contribution in [2.45, 2.75) is 37.6 Å². The average Bonchev–Trinajstić information content (AvgIpc) is 2.20. The van der Waals surface area contributed by atoms with Gasteiger partial charge >= 0.3 is 0 Å². The lowest BCUT2D eigenvalue weighted by atomic mass is 9.80. The maximum Gasteiger partial charge on any atom is 0.0210 e. The van der Waals surface area contributed by atoms with Crippen molar-refractivity contribution in [3.63, 3.8) is 0 Å². The largest absolute Gasteiger partial charge is 0.327 e. The van der Waals surface area contributed by atoms with Crippen LogP contribution in [0.5, 0.6) is 0 Å². The van der Waals surface area contributed by atoms with Gasteiger partial charge in [0.25, 0.3) is 0 Å². The Hall–Kier alpha value is -0.340. The smallest absolute Gasteiger partial charge is 0.0210 e. The van der Waals surface area contributed by atoms with Gasteiger partial charge in [0.2, 0.25) is 0 Å². The first-order valence-corrected chi connectivity index (χ1v) is 6.08. The van der Waals surface area contributed by atoms with Crippen molar-refractivity contribution in [2.75, 3.05) is 0 Å². The molecule has 0 amide bonds. The van der Waals surface area contributed by atoms with E-state index in [0.29, 0.717) is 12.0 Å². The minimum absolute atomic E-state index is 0.349. The van der Waals surface area contributed by atoms with E-state index in [1.165, 1.54) is 35.7 Å². The number of nitrogens with two attached hydrogens (primary N) is 1. The van der Waals surface area contributed by atoms with Crippen molar-refractivity contribution in [3.05, 3.63) is 34.3 Å². The first-order chi connectivity index (χ1) is 6.79. The van der Waals surface area contributed by atoms with Crippen LogP contribution in [0, 0.1) is 0 Å².